The lowest BCUT2D eigenvalue weighted by molar-refractivity contribution is -0.143. The molecule has 0 spiro atoms. The summed E-state index contributed by atoms with van der Waals surface area (Å²) in [6.45, 7) is 5.77. The van der Waals surface area contributed by atoms with Gasteiger partial charge in [-0.3, -0.25) is 0 Å². The number of anilines is 1. The fourth-order valence-corrected chi connectivity index (χ4v) is 1.41. The van der Waals surface area contributed by atoms with Crippen LogP contribution in [0.3, 0.4) is 0 Å². The van der Waals surface area contributed by atoms with E-state index < -0.39 is 12.0 Å². The molecule has 1 rings (SSSR count). The molecule has 6 heteroatoms. The van der Waals surface area contributed by atoms with Crippen LogP contribution in [0.25, 0.3) is 0 Å². The monoisotopic (exact) mass is 266 g/mol. The molecular weight excluding hydrogens is 248 g/mol. The first-order chi connectivity index (χ1) is 9.08. The van der Waals surface area contributed by atoms with Gasteiger partial charge in [0.05, 0.1) is 13.2 Å². The van der Waals surface area contributed by atoms with Gasteiger partial charge in [-0.25, -0.2) is 14.6 Å². The number of nitrogens with zero attached hydrogens (tertiary/aromatic N) is 1. The Hall–Kier alpha value is -2.11. The molecule has 0 amide bonds. The second-order valence-electron chi connectivity index (χ2n) is 3.77. The van der Waals surface area contributed by atoms with Crippen LogP contribution in [0.5, 0.6) is 0 Å². The van der Waals surface area contributed by atoms with Crippen molar-refractivity contribution in [1.29, 1.82) is 0 Å². The summed E-state index contributed by atoms with van der Waals surface area (Å²) < 4.78 is 9.74. The summed E-state index contributed by atoms with van der Waals surface area (Å²) in [6.07, 6.45) is 1.48. The number of rotatable bonds is 6. The highest BCUT2D eigenvalue weighted by atomic mass is 16.5. The molecule has 0 bridgehead atoms. The van der Waals surface area contributed by atoms with E-state index in [1.165, 1.54) is 12.3 Å². The first-order valence-electron chi connectivity index (χ1n) is 6.14. The average molecular weight is 266 g/mol. The highest BCUT2D eigenvalue weighted by Gasteiger charge is 2.15. The molecule has 6 nitrogen and oxygen atoms in total. The van der Waals surface area contributed by atoms with Crippen LogP contribution in [0.15, 0.2) is 18.3 Å². The van der Waals surface area contributed by atoms with Crippen LogP contribution in [0.4, 0.5) is 5.69 Å². The molecule has 1 unspecified atom stereocenters. The van der Waals surface area contributed by atoms with Gasteiger partial charge in [-0.1, -0.05) is 0 Å². The van der Waals surface area contributed by atoms with E-state index in [0.717, 1.165) is 0 Å². The van der Waals surface area contributed by atoms with Gasteiger partial charge in [0, 0.05) is 11.9 Å². The van der Waals surface area contributed by atoms with Crippen molar-refractivity contribution in [3.63, 3.8) is 0 Å². The fourth-order valence-electron chi connectivity index (χ4n) is 1.41. The van der Waals surface area contributed by atoms with Crippen molar-refractivity contribution in [2.24, 2.45) is 0 Å². The third kappa shape index (κ3) is 4.57. The maximum atomic E-state index is 11.5. The number of esters is 2. The number of ether oxygens (including phenoxy) is 2. The van der Waals surface area contributed by atoms with Crippen molar-refractivity contribution >= 4 is 17.6 Å². The van der Waals surface area contributed by atoms with Crippen molar-refractivity contribution in [1.82, 2.24) is 4.98 Å². The predicted molar refractivity (Wildman–Crippen MR) is 69.9 cm³/mol. The average Bonchev–Trinajstić information content (AvgIpc) is 2.39. The Morgan fingerprint density at radius 3 is 2.63 bits per heavy atom. The Kier molecular flexibility index (Phi) is 5.78. The quantitative estimate of drug-likeness (QED) is 0.788. The maximum Gasteiger partial charge on any atom is 0.356 e. The maximum absolute atomic E-state index is 11.5. The van der Waals surface area contributed by atoms with Crippen molar-refractivity contribution in [3.05, 3.63) is 24.0 Å². The van der Waals surface area contributed by atoms with E-state index >= 15 is 0 Å². The lowest BCUT2D eigenvalue weighted by atomic mass is 10.2. The number of carbonyl (C=O) groups excluding carboxylic acids is 2. The minimum Gasteiger partial charge on any atom is -0.464 e. The third-order valence-corrected chi connectivity index (χ3v) is 2.27. The molecule has 0 fully saturated rings. The van der Waals surface area contributed by atoms with Gasteiger partial charge in [0.15, 0.2) is 0 Å². The SMILES string of the molecule is CCOC(=O)c1cc(NC(C)C(=O)OCC)ccn1. The lowest BCUT2D eigenvalue weighted by Gasteiger charge is -2.14. The van der Waals surface area contributed by atoms with Gasteiger partial charge in [-0.2, -0.15) is 0 Å². The number of hydrogen-bond donors (Lipinski definition) is 1. The number of pyridine rings is 1. The van der Waals surface area contributed by atoms with Crippen LogP contribution in [-0.2, 0) is 14.3 Å². The minimum atomic E-state index is -0.502. The predicted octanol–water partition coefficient (Wildman–Crippen LogP) is 1.62. The number of hydrogen-bond acceptors (Lipinski definition) is 6. The highest BCUT2D eigenvalue weighted by molar-refractivity contribution is 5.88. The summed E-state index contributed by atoms with van der Waals surface area (Å²) >= 11 is 0. The van der Waals surface area contributed by atoms with E-state index in [2.05, 4.69) is 10.3 Å². The Morgan fingerprint density at radius 1 is 1.32 bits per heavy atom. The van der Waals surface area contributed by atoms with Gasteiger partial charge < -0.3 is 14.8 Å². The molecular formula is C13H18N2O4. The summed E-state index contributed by atoms with van der Waals surface area (Å²) in [5, 5.41) is 2.94. The summed E-state index contributed by atoms with van der Waals surface area (Å²) in [5.41, 5.74) is 0.807. The summed E-state index contributed by atoms with van der Waals surface area (Å²) in [6, 6.07) is 2.70. The van der Waals surface area contributed by atoms with Crippen molar-refractivity contribution < 1.29 is 19.1 Å². The molecule has 1 atom stereocenters. The van der Waals surface area contributed by atoms with Crippen molar-refractivity contribution in [2.75, 3.05) is 18.5 Å². The van der Waals surface area contributed by atoms with E-state index in [-0.39, 0.29) is 18.3 Å². The molecule has 1 N–H and O–H groups in total. The first-order valence-corrected chi connectivity index (χ1v) is 6.14. The zero-order valence-electron chi connectivity index (χ0n) is 11.3. The number of nitrogens with one attached hydrogen (secondary N) is 1. The summed E-state index contributed by atoms with van der Waals surface area (Å²) in [4.78, 5) is 26.9. The Bertz CT molecular complexity index is 448. The van der Waals surface area contributed by atoms with Crippen molar-refractivity contribution in [3.8, 4) is 0 Å². The van der Waals surface area contributed by atoms with E-state index in [9.17, 15) is 9.59 Å². The molecule has 1 aromatic rings. The number of aromatic nitrogens is 1. The van der Waals surface area contributed by atoms with Crippen molar-refractivity contribution in [2.45, 2.75) is 26.8 Å². The third-order valence-electron chi connectivity index (χ3n) is 2.27. The molecule has 1 aromatic heterocycles. The smallest absolute Gasteiger partial charge is 0.356 e. The topological polar surface area (TPSA) is 77.5 Å². The van der Waals surface area contributed by atoms with E-state index in [1.807, 2.05) is 0 Å². The molecule has 0 aliphatic heterocycles. The van der Waals surface area contributed by atoms with Crippen LogP contribution in [0.2, 0.25) is 0 Å². The van der Waals surface area contributed by atoms with Crippen LogP contribution in [-0.4, -0.2) is 36.2 Å². The molecule has 104 valence electrons. The Balaban J connectivity index is 2.71. The lowest BCUT2D eigenvalue weighted by Crippen LogP contribution is -2.28. The molecule has 0 aliphatic rings. The molecule has 0 aliphatic carbocycles. The summed E-state index contributed by atoms with van der Waals surface area (Å²) in [5.74, 6) is -0.841. The minimum absolute atomic E-state index is 0.197. The molecule has 0 aromatic carbocycles. The molecule has 1 heterocycles. The van der Waals surface area contributed by atoms with Gasteiger partial charge in [-0.15, -0.1) is 0 Å². The fraction of sp³-hybridized carbons (Fsp3) is 0.462. The zero-order chi connectivity index (χ0) is 14.3. The standard InChI is InChI=1S/C13H18N2O4/c1-4-18-12(16)9(3)15-10-6-7-14-11(8-10)13(17)19-5-2/h6-9H,4-5H2,1-3H3,(H,14,15). The van der Waals surface area contributed by atoms with E-state index in [4.69, 9.17) is 9.47 Å². The van der Waals surface area contributed by atoms with Gasteiger partial charge in [0.2, 0.25) is 0 Å². The second-order valence-corrected chi connectivity index (χ2v) is 3.77. The van der Waals surface area contributed by atoms with E-state index in [0.29, 0.717) is 12.3 Å². The van der Waals surface area contributed by atoms with Gasteiger partial charge in [0.25, 0.3) is 0 Å². The van der Waals surface area contributed by atoms with Gasteiger partial charge >= 0.3 is 11.9 Å². The first kappa shape index (κ1) is 14.9. The highest BCUT2D eigenvalue weighted by Crippen LogP contribution is 2.11. The molecule has 0 saturated heterocycles. The number of carbonyl (C=O) groups is 2. The van der Waals surface area contributed by atoms with Gasteiger partial charge in [0.1, 0.15) is 11.7 Å². The van der Waals surface area contributed by atoms with Crippen LogP contribution in [0.1, 0.15) is 31.3 Å². The molecule has 19 heavy (non-hydrogen) atoms. The Labute approximate surface area is 112 Å². The van der Waals surface area contributed by atoms with E-state index in [1.54, 1.807) is 26.8 Å². The van der Waals surface area contributed by atoms with Gasteiger partial charge in [-0.05, 0) is 32.9 Å². The van der Waals surface area contributed by atoms with Crippen LogP contribution in [0, 0.1) is 0 Å². The second kappa shape index (κ2) is 7.35. The molecule has 0 radical (unpaired) electrons. The molecule has 0 saturated carbocycles. The largest absolute Gasteiger partial charge is 0.464 e. The van der Waals surface area contributed by atoms with Crippen LogP contribution >= 0.6 is 0 Å². The van der Waals surface area contributed by atoms with Crippen LogP contribution < -0.4 is 5.32 Å². The normalized spacial score (nSPS) is 11.5. The Morgan fingerprint density at radius 2 is 2.00 bits per heavy atom. The summed E-state index contributed by atoms with van der Waals surface area (Å²) in [7, 11) is 0. The zero-order valence-corrected chi connectivity index (χ0v) is 11.3.